The number of aliphatic hydroxyl groups excluding tert-OH is 2. The molecule has 1 saturated heterocycles. The van der Waals surface area contributed by atoms with Gasteiger partial charge in [-0.3, -0.25) is 33.6 Å². The number of carbonyl (C=O) groups excluding carboxylic acids is 8. The molecular formula is C46H67N7O11. The van der Waals surface area contributed by atoms with Crippen LogP contribution in [0.4, 0.5) is 0 Å². The minimum absolute atomic E-state index is 0.0121. The van der Waals surface area contributed by atoms with Crippen molar-refractivity contribution >= 4 is 47.3 Å². The van der Waals surface area contributed by atoms with Gasteiger partial charge in [-0.2, -0.15) is 0 Å². The number of rotatable bonds is 15. The average molecular weight is 894 g/mol. The molecule has 0 bridgehead atoms. The molecule has 2 aromatic carbocycles. The number of aliphatic hydroxyl groups is 2. The fourth-order valence-corrected chi connectivity index (χ4v) is 6.91. The molecule has 0 aromatic heterocycles. The summed E-state index contributed by atoms with van der Waals surface area (Å²) in [4.78, 5) is 111. The van der Waals surface area contributed by atoms with Crippen molar-refractivity contribution in [1.29, 1.82) is 0 Å². The van der Waals surface area contributed by atoms with Gasteiger partial charge in [0.15, 0.2) is 6.04 Å². The Morgan fingerprint density at radius 1 is 0.656 bits per heavy atom. The molecular weight excluding hydrogens is 827 g/mol. The third-order valence-electron chi connectivity index (χ3n) is 10.8. The Balaban J connectivity index is 2.17. The highest BCUT2D eigenvalue weighted by Crippen LogP contribution is 2.14. The quantitative estimate of drug-likeness (QED) is 0.110. The molecule has 0 unspecified atom stereocenters. The van der Waals surface area contributed by atoms with E-state index in [1.165, 1.54) is 13.8 Å². The Bertz CT molecular complexity index is 1900. The highest BCUT2D eigenvalue weighted by Gasteiger charge is 2.39. The van der Waals surface area contributed by atoms with Gasteiger partial charge < -0.3 is 52.2 Å². The van der Waals surface area contributed by atoms with Crippen LogP contribution in [0.15, 0.2) is 60.7 Å². The van der Waals surface area contributed by atoms with Gasteiger partial charge in [-0.05, 0) is 56.1 Å². The fraction of sp³-hybridized carbons (Fsp3) is 0.565. The highest BCUT2D eigenvalue weighted by molar-refractivity contribution is 5.98. The van der Waals surface area contributed by atoms with Gasteiger partial charge in [0.1, 0.15) is 42.4 Å². The van der Waals surface area contributed by atoms with Gasteiger partial charge >= 0.3 is 5.97 Å². The van der Waals surface area contributed by atoms with Crippen molar-refractivity contribution < 1.29 is 53.3 Å². The smallest absolute Gasteiger partial charge is 0.331 e. The van der Waals surface area contributed by atoms with Gasteiger partial charge in [0.2, 0.25) is 41.4 Å². The lowest BCUT2D eigenvalue weighted by Gasteiger charge is -2.30. The van der Waals surface area contributed by atoms with Crippen molar-refractivity contribution in [2.45, 2.75) is 142 Å². The van der Waals surface area contributed by atoms with Crippen LogP contribution in [-0.4, -0.2) is 119 Å². The molecule has 0 saturated carbocycles. The van der Waals surface area contributed by atoms with Crippen molar-refractivity contribution in [3.63, 3.8) is 0 Å². The average Bonchev–Trinajstić information content (AvgIpc) is 3.24. The lowest BCUT2D eigenvalue weighted by molar-refractivity contribution is -0.157. The van der Waals surface area contributed by atoms with Crippen molar-refractivity contribution in [3.8, 4) is 0 Å². The summed E-state index contributed by atoms with van der Waals surface area (Å²) < 4.78 is 5.62. The predicted octanol–water partition coefficient (Wildman–Crippen LogP) is 0.322. The second-order valence-corrected chi connectivity index (χ2v) is 17.3. The molecule has 3 rings (SSSR count). The summed E-state index contributed by atoms with van der Waals surface area (Å²) in [7, 11) is 0. The minimum atomic E-state index is -1.79. The molecule has 1 heterocycles. The Labute approximate surface area is 375 Å². The van der Waals surface area contributed by atoms with Crippen LogP contribution in [0, 0.1) is 17.8 Å². The van der Waals surface area contributed by atoms with E-state index in [1.54, 1.807) is 95.3 Å². The van der Waals surface area contributed by atoms with Crippen LogP contribution >= 0.6 is 0 Å². The summed E-state index contributed by atoms with van der Waals surface area (Å²) in [6, 6.07) is 7.26. The van der Waals surface area contributed by atoms with E-state index >= 15 is 0 Å². The SMILES string of the molecule is CC[C@H](C)C(=O)N[C@H](Cc1ccccc1)C(=O)N[C@@H]1C(=O)N[C@H](CC(C)C)C(=O)N[C@H](Cc2ccccc2)C(=O)N[C@H](CC(C)C)C(=O)N[C@@H]([C@@H](C)O)C(=O)N[C@@H](CO)C(=O)O[C@@H]1C. The summed E-state index contributed by atoms with van der Waals surface area (Å²) in [5.74, 6) is -7.79. The van der Waals surface area contributed by atoms with Gasteiger partial charge in [-0.1, -0.05) is 102 Å². The van der Waals surface area contributed by atoms with Gasteiger partial charge in [-0.25, -0.2) is 4.79 Å². The van der Waals surface area contributed by atoms with Gasteiger partial charge in [-0.15, -0.1) is 0 Å². The number of amides is 7. The van der Waals surface area contributed by atoms with Crippen molar-refractivity contribution in [2.24, 2.45) is 17.8 Å². The summed E-state index contributed by atoms with van der Waals surface area (Å²) in [6.45, 7) is 12.2. The van der Waals surface area contributed by atoms with E-state index in [2.05, 4.69) is 37.2 Å². The molecule has 0 spiro atoms. The first-order valence-electron chi connectivity index (χ1n) is 21.9. The largest absolute Gasteiger partial charge is 0.458 e. The third kappa shape index (κ3) is 16.3. The number of cyclic esters (lactones) is 1. The second-order valence-electron chi connectivity index (χ2n) is 17.3. The standard InChI is InChI=1S/C46H67N7O11/c1-9-27(6)39(56)47-35(23-31-18-14-11-15-19-31)43(60)53-38-29(8)64-46(63)36(24-54)51-44(61)37(28(7)55)52-42(59)33(21-26(4)5)48-41(58)34(22-30-16-12-10-13-17-30)49-40(57)32(20-25(2)3)50-45(38)62/h10-19,25-29,32-38,54-55H,9,20-24H2,1-8H3,(H,47,56)(H,48,58)(H,49,57)(H,50,62)(H,51,61)(H,52,59)(H,53,60)/t27-,28+,29+,32+,33+,34+,35+,36-,37-,38-/m0/s1. The van der Waals surface area contributed by atoms with E-state index in [0.717, 1.165) is 0 Å². The molecule has 1 fully saturated rings. The Morgan fingerprint density at radius 3 is 1.66 bits per heavy atom. The lowest BCUT2D eigenvalue weighted by atomic mass is 9.99. The van der Waals surface area contributed by atoms with Crippen LogP contribution in [0.25, 0.3) is 0 Å². The van der Waals surface area contributed by atoms with E-state index in [9.17, 15) is 48.6 Å². The third-order valence-corrected chi connectivity index (χ3v) is 10.8. The molecule has 1 aliphatic rings. The zero-order valence-corrected chi connectivity index (χ0v) is 38.0. The molecule has 18 heteroatoms. The minimum Gasteiger partial charge on any atom is -0.458 e. The Kier molecular flexibility index (Phi) is 20.8. The summed E-state index contributed by atoms with van der Waals surface area (Å²) in [6.07, 6.45) is -2.51. The van der Waals surface area contributed by atoms with Gasteiger partial charge in [0.25, 0.3) is 0 Å². The first-order valence-corrected chi connectivity index (χ1v) is 21.9. The maximum absolute atomic E-state index is 14.5. The Hall–Kier alpha value is -5.88. The fourth-order valence-electron chi connectivity index (χ4n) is 6.91. The van der Waals surface area contributed by atoms with Crippen LogP contribution in [-0.2, 0) is 55.9 Å². The molecule has 0 radical (unpaired) electrons. The number of benzene rings is 2. The number of nitrogens with one attached hydrogen (secondary N) is 7. The molecule has 2 aromatic rings. The maximum atomic E-state index is 14.5. The van der Waals surface area contributed by atoms with E-state index in [1.807, 2.05) is 6.92 Å². The molecule has 9 N–H and O–H groups in total. The zero-order chi connectivity index (χ0) is 47.7. The zero-order valence-electron chi connectivity index (χ0n) is 38.0. The molecule has 0 aliphatic carbocycles. The summed E-state index contributed by atoms with van der Waals surface area (Å²) >= 11 is 0. The number of ether oxygens (including phenoxy) is 1. The highest BCUT2D eigenvalue weighted by atomic mass is 16.5. The van der Waals surface area contributed by atoms with E-state index in [-0.39, 0.29) is 37.5 Å². The van der Waals surface area contributed by atoms with E-state index < -0.39 is 114 Å². The van der Waals surface area contributed by atoms with Crippen molar-refractivity contribution in [1.82, 2.24) is 37.2 Å². The van der Waals surface area contributed by atoms with E-state index in [0.29, 0.717) is 17.5 Å². The number of hydrogen-bond donors (Lipinski definition) is 9. The summed E-state index contributed by atoms with van der Waals surface area (Å²) in [5.41, 5.74) is 1.34. The van der Waals surface area contributed by atoms with Crippen LogP contribution in [0.1, 0.15) is 85.8 Å². The van der Waals surface area contributed by atoms with Crippen molar-refractivity contribution in [3.05, 3.63) is 71.8 Å². The van der Waals surface area contributed by atoms with Gasteiger partial charge in [0.05, 0.1) is 12.7 Å². The maximum Gasteiger partial charge on any atom is 0.331 e. The number of carbonyl (C=O) groups is 8. The van der Waals surface area contributed by atoms with Crippen LogP contribution in [0.5, 0.6) is 0 Å². The molecule has 64 heavy (non-hydrogen) atoms. The predicted molar refractivity (Wildman–Crippen MR) is 236 cm³/mol. The molecule has 1 aliphatic heterocycles. The van der Waals surface area contributed by atoms with Crippen molar-refractivity contribution in [2.75, 3.05) is 6.61 Å². The monoisotopic (exact) mass is 893 g/mol. The molecule has 18 nitrogen and oxygen atoms in total. The second kappa shape index (κ2) is 25.4. The van der Waals surface area contributed by atoms with Crippen LogP contribution in [0.3, 0.4) is 0 Å². The Morgan fingerprint density at radius 2 is 1.14 bits per heavy atom. The molecule has 7 amide bonds. The normalized spacial score (nSPS) is 24.5. The first kappa shape index (κ1) is 52.5. The first-order chi connectivity index (χ1) is 30.2. The number of hydrogen-bond acceptors (Lipinski definition) is 11. The van der Waals surface area contributed by atoms with Gasteiger partial charge in [0, 0.05) is 18.8 Å². The lowest BCUT2D eigenvalue weighted by Crippen LogP contribution is -2.62. The van der Waals surface area contributed by atoms with Crippen LogP contribution < -0.4 is 37.2 Å². The van der Waals surface area contributed by atoms with E-state index in [4.69, 9.17) is 4.74 Å². The number of esters is 1. The topological polar surface area (TPSA) is 270 Å². The van der Waals surface area contributed by atoms with Crippen LogP contribution in [0.2, 0.25) is 0 Å². The molecule has 352 valence electrons. The summed E-state index contributed by atoms with van der Waals surface area (Å²) in [5, 5.41) is 39.1. The molecule has 10 atom stereocenters.